The number of hydrogen-bond acceptors (Lipinski definition) is 4. The van der Waals surface area contributed by atoms with Gasteiger partial charge in [0, 0.05) is 37.1 Å². The zero-order valence-electron chi connectivity index (χ0n) is 16.6. The molecule has 3 aromatic rings. The van der Waals surface area contributed by atoms with E-state index in [1.807, 2.05) is 38.2 Å². The zero-order chi connectivity index (χ0) is 20.6. The van der Waals surface area contributed by atoms with Crippen LogP contribution in [0.5, 0.6) is 0 Å². The summed E-state index contributed by atoms with van der Waals surface area (Å²) < 4.78 is 5.11. The highest BCUT2D eigenvalue weighted by Crippen LogP contribution is 2.18. The number of carbonyl (C=O) groups is 2. The van der Waals surface area contributed by atoms with Gasteiger partial charge in [-0.2, -0.15) is 0 Å². The van der Waals surface area contributed by atoms with Crippen LogP contribution in [-0.2, 0) is 0 Å². The molecule has 3 rings (SSSR count). The molecule has 0 fully saturated rings. The number of aryl methyl sites for hydroxylation is 1. The number of furan rings is 1. The molecular weight excluding hydrogens is 366 g/mol. The van der Waals surface area contributed by atoms with E-state index < -0.39 is 0 Å². The van der Waals surface area contributed by atoms with E-state index in [9.17, 15) is 9.59 Å². The monoisotopic (exact) mass is 391 g/mol. The minimum absolute atomic E-state index is 0.166. The van der Waals surface area contributed by atoms with Crippen molar-refractivity contribution in [1.82, 2.24) is 5.32 Å². The number of amides is 2. The van der Waals surface area contributed by atoms with Crippen molar-refractivity contribution < 1.29 is 14.0 Å². The summed E-state index contributed by atoms with van der Waals surface area (Å²) in [7, 11) is 2.03. The Hall–Kier alpha value is -3.54. The molecule has 0 radical (unpaired) electrons. The van der Waals surface area contributed by atoms with Crippen molar-refractivity contribution in [2.45, 2.75) is 13.3 Å². The van der Waals surface area contributed by atoms with Crippen molar-refractivity contribution in [3.63, 3.8) is 0 Å². The number of anilines is 2. The number of nitrogens with one attached hydrogen (secondary N) is 2. The molecule has 1 heterocycles. The summed E-state index contributed by atoms with van der Waals surface area (Å²) in [5.74, 6) is -0.290. The van der Waals surface area contributed by atoms with Crippen LogP contribution in [-0.4, -0.2) is 32.0 Å². The molecule has 0 unspecified atom stereocenters. The summed E-state index contributed by atoms with van der Waals surface area (Å²) in [4.78, 5) is 26.8. The largest absolute Gasteiger partial charge is 0.459 e. The summed E-state index contributed by atoms with van der Waals surface area (Å²) in [6.07, 6.45) is 2.27. The molecule has 2 amide bonds. The van der Waals surface area contributed by atoms with Crippen LogP contribution in [0.4, 0.5) is 11.4 Å². The minimum Gasteiger partial charge on any atom is -0.459 e. The molecule has 6 nitrogen and oxygen atoms in total. The molecule has 0 saturated carbocycles. The van der Waals surface area contributed by atoms with E-state index in [0.29, 0.717) is 17.8 Å². The Balaban J connectivity index is 1.52. The molecule has 1 aromatic heterocycles. The lowest BCUT2D eigenvalue weighted by Gasteiger charge is -2.19. The maximum absolute atomic E-state index is 12.5. The molecule has 0 aliphatic carbocycles. The number of hydrogen-bond donors (Lipinski definition) is 2. The number of nitrogens with zero attached hydrogens (tertiary/aromatic N) is 1. The van der Waals surface area contributed by atoms with Gasteiger partial charge in [-0.1, -0.05) is 24.3 Å². The Morgan fingerprint density at radius 1 is 1.00 bits per heavy atom. The highest BCUT2D eigenvalue weighted by Gasteiger charge is 2.13. The van der Waals surface area contributed by atoms with Gasteiger partial charge in [-0.3, -0.25) is 9.59 Å². The molecule has 0 aliphatic rings. The van der Waals surface area contributed by atoms with Crippen LogP contribution in [0.1, 0.15) is 32.9 Å². The average Bonchev–Trinajstić information content (AvgIpc) is 3.28. The first-order valence-corrected chi connectivity index (χ1v) is 9.54. The third-order valence-electron chi connectivity index (χ3n) is 4.65. The van der Waals surface area contributed by atoms with Gasteiger partial charge in [-0.25, -0.2) is 0 Å². The quantitative estimate of drug-likeness (QED) is 0.567. The Morgan fingerprint density at radius 3 is 2.52 bits per heavy atom. The molecule has 0 aliphatic heterocycles. The molecule has 6 heteroatoms. The van der Waals surface area contributed by atoms with E-state index in [0.717, 1.165) is 24.2 Å². The number of benzene rings is 2. The van der Waals surface area contributed by atoms with Crippen molar-refractivity contribution in [2.24, 2.45) is 0 Å². The normalized spacial score (nSPS) is 10.4. The number of para-hydroxylation sites is 1. The lowest BCUT2D eigenvalue weighted by molar-refractivity contribution is 0.0951. The third kappa shape index (κ3) is 5.48. The van der Waals surface area contributed by atoms with Gasteiger partial charge in [-0.15, -0.1) is 0 Å². The molecule has 0 bridgehead atoms. The van der Waals surface area contributed by atoms with E-state index in [-0.39, 0.29) is 17.6 Å². The smallest absolute Gasteiger partial charge is 0.291 e. The van der Waals surface area contributed by atoms with Crippen LogP contribution in [0.25, 0.3) is 0 Å². The maximum atomic E-state index is 12.5. The van der Waals surface area contributed by atoms with Gasteiger partial charge in [0.2, 0.25) is 0 Å². The summed E-state index contributed by atoms with van der Waals surface area (Å²) in [6.45, 7) is 3.28. The highest BCUT2D eigenvalue weighted by atomic mass is 16.3. The van der Waals surface area contributed by atoms with E-state index in [1.165, 1.54) is 6.26 Å². The summed E-state index contributed by atoms with van der Waals surface area (Å²) in [5, 5.41) is 5.73. The van der Waals surface area contributed by atoms with Gasteiger partial charge in [0.1, 0.15) is 0 Å². The first-order chi connectivity index (χ1) is 14.0. The maximum Gasteiger partial charge on any atom is 0.291 e. The fourth-order valence-corrected chi connectivity index (χ4v) is 2.92. The lowest BCUT2D eigenvalue weighted by atomic mass is 10.1. The van der Waals surface area contributed by atoms with Crippen LogP contribution in [0.2, 0.25) is 0 Å². The average molecular weight is 391 g/mol. The Kier molecular flexibility index (Phi) is 6.68. The zero-order valence-corrected chi connectivity index (χ0v) is 16.6. The lowest BCUT2D eigenvalue weighted by Crippen LogP contribution is -2.28. The molecule has 0 atom stereocenters. The first kappa shape index (κ1) is 20.2. The van der Waals surface area contributed by atoms with Crippen molar-refractivity contribution in [3.8, 4) is 0 Å². The van der Waals surface area contributed by atoms with E-state index in [2.05, 4.69) is 27.7 Å². The summed E-state index contributed by atoms with van der Waals surface area (Å²) in [6, 6.07) is 18.6. The Bertz CT molecular complexity index is 953. The van der Waals surface area contributed by atoms with Gasteiger partial charge >= 0.3 is 0 Å². The van der Waals surface area contributed by atoms with Crippen molar-refractivity contribution in [3.05, 3.63) is 83.8 Å². The van der Waals surface area contributed by atoms with Crippen LogP contribution < -0.4 is 15.5 Å². The highest BCUT2D eigenvalue weighted by molar-refractivity contribution is 6.03. The fraction of sp³-hybridized carbons (Fsp3) is 0.217. The third-order valence-corrected chi connectivity index (χ3v) is 4.65. The second-order valence-corrected chi connectivity index (χ2v) is 6.83. The topological polar surface area (TPSA) is 74.6 Å². The van der Waals surface area contributed by atoms with Crippen LogP contribution in [0.15, 0.2) is 71.3 Å². The van der Waals surface area contributed by atoms with Gasteiger partial charge < -0.3 is 20.0 Å². The van der Waals surface area contributed by atoms with Crippen LogP contribution >= 0.6 is 0 Å². The van der Waals surface area contributed by atoms with Crippen molar-refractivity contribution in [1.29, 1.82) is 0 Å². The molecule has 0 saturated heterocycles. The van der Waals surface area contributed by atoms with Gasteiger partial charge in [0.25, 0.3) is 11.8 Å². The van der Waals surface area contributed by atoms with E-state index >= 15 is 0 Å². The Labute approximate surface area is 170 Å². The standard InChI is InChI=1S/C23H25N3O3/c1-17-11-12-18(16-20(17)25-23(28)21-10-6-15-29-21)22(27)24-13-7-14-26(2)19-8-4-3-5-9-19/h3-6,8-12,15-16H,7,13-14H2,1-2H3,(H,24,27)(H,25,28). The van der Waals surface area contributed by atoms with Gasteiger partial charge in [0.05, 0.1) is 6.26 Å². The number of rotatable bonds is 8. The molecular formula is C23H25N3O3. The summed E-state index contributed by atoms with van der Waals surface area (Å²) >= 11 is 0. The van der Waals surface area contributed by atoms with E-state index in [4.69, 9.17) is 4.42 Å². The van der Waals surface area contributed by atoms with Gasteiger partial charge in [0.15, 0.2) is 5.76 Å². The molecule has 29 heavy (non-hydrogen) atoms. The SMILES string of the molecule is Cc1ccc(C(=O)NCCCN(C)c2ccccc2)cc1NC(=O)c1ccco1. The first-order valence-electron chi connectivity index (χ1n) is 9.54. The predicted octanol–water partition coefficient (Wildman–Crippen LogP) is 4.10. The van der Waals surface area contributed by atoms with Crippen LogP contribution in [0, 0.1) is 6.92 Å². The number of carbonyl (C=O) groups excluding carboxylic acids is 2. The van der Waals surface area contributed by atoms with Crippen LogP contribution in [0.3, 0.4) is 0 Å². The molecule has 2 N–H and O–H groups in total. The predicted molar refractivity (Wildman–Crippen MR) is 115 cm³/mol. The summed E-state index contributed by atoms with van der Waals surface area (Å²) in [5.41, 5.74) is 3.10. The Morgan fingerprint density at radius 2 is 1.79 bits per heavy atom. The fourth-order valence-electron chi connectivity index (χ4n) is 2.92. The van der Waals surface area contributed by atoms with Crippen molar-refractivity contribution >= 4 is 23.2 Å². The van der Waals surface area contributed by atoms with Crippen molar-refractivity contribution in [2.75, 3.05) is 30.4 Å². The molecule has 2 aromatic carbocycles. The molecule has 150 valence electrons. The second-order valence-electron chi connectivity index (χ2n) is 6.83. The second kappa shape index (κ2) is 9.59. The molecule has 0 spiro atoms. The van der Waals surface area contributed by atoms with Gasteiger partial charge in [-0.05, 0) is 55.3 Å². The van der Waals surface area contributed by atoms with E-state index in [1.54, 1.807) is 24.3 Å². The minimum atomic E-state index is -0.348.